The zero-order valence-electron chi connectivity index (χ0n) is 24.1. The number of ether oxygens (including phenoxy) is 1. The van der Waals surface area contributed by atoms with Gasteiger partial charge in [-0.15, -0.1) is 0 Å². The number of benzene rings is 2. The molecule has 3 rings (SSSR count). The molecule has 0 radical (unpaired) electrons. The zero-order valence-corrected chi connectivity index (χ0v) is 24.9. The minimum atomic E-state index is -4.66. The number of nitrogens with zero attached hydrogens (tertiary/aromatic N) is 4. The Morgan fingerprint density at radius 3 is 2.41 bits per heavy atom. The van der Waals surface area contributed by atoms with Gasteiger partial charge in [0.05, 0.1) is 36.0 Å². The lowest BCUT2D eigenvalue weighted by atomic mass is 10.0. The number of sulfonamides is 1. The van der Waals surface area contributed by atoms with E-state index in [1.165, 1.54) is 14.2 Å². The van der Waals surface area contributed by atoms with E-state index in [0.29, 0.717) is 29.2 Å². The fourth-order valence-corrected chi connectivity index (χ4v) is 4.65. The number of hydrogen-bond donors (Lipinski definition) is 2. The summed E-state index contributed by atoms with van der Waals surface area (Å²) in [7, 11) is 3.35. The van der Waals surface area contributed by atoms with Gasteiger partial charge in [-0.05, 0) is 68.8 Å². The van der Waals surface area contributed by atoms with Crippen LogP contribution in [0.2, 0.25) is 0 Å². The van der Waals surface area contributed by atoms with E-state index < -0.39 is 21.8 Å². The molecule has 0 amide bonds. The largest absolute Gasteiger partial charge is 0.495 e. The van der Waals surface area contributed by atoms with Crippen molar-refractivity contribution >= 4 is 27.3 Å². The van der Waals surface area contributed by atoms with Gasteiger partial charge in [0.15, 0.2) is 0 Å². The molecular weight excluding hydrogens is 557 g/mol. The molecule has 2 N–H and O–H groups in total. The first-order chi connectivity index (χ1) is 19.2. The number of anilines is 3. The van der Waals surface area contributed by atoms with Gasteiger partial charge >= 0.3 is 6.18 Å². The number of nitrogens with one attached hydrogen (secondary N) is 2. The normalized spacial score (nSPS) is 12.0. The first-order valence-corrected chi connectivity index (χ1v) is 14.8. The molecule has 224 valence electrons. The van der Waals surface area contributed by atoms with Crippen molar-refractivity contribution < 1.29 is 26.3 Å². The smallest absolute Gasteiger partial charge is 0.419 e. The monoisotopic (exact) mass is 594 g/mol. The maximum Gasteiger partial charge on any atom is 0.419 e. The predicted molar refractivity (Wildman–Crippen MR) is 155 cm³/mol. The molecule has 0 saturated heterocycles. The lowest BCUT2D eigenvalue weighted by Gasteiger charge is -2.21. The Kier molecular flexibility index (Phi) is 10.6. The maximum absolute atomic E-state index is 13.9. The van der Waals surface area contributed by atoms with Crippen LogP contribution >= 0.6 is 0 Å². The van der Waals surface area contributed by atoms with E-state index in [-0.39, 0.29) is 24.5 Å². The van der Waals surface area contributed by atoms with Crippen molar-refractivity contribution in [2.75, 3.05) is 57.2 Å². The van der Waals surface area contributed by atoms with Gasteiger partial charge in [0.2, 0.25) is 16.0 Å². The van der Waals surface area contributed by atoms with Crippen molar-refractivity contribution in [1.29, 1.82) is 0 Å². The molecule has 13 heteroatoms. The molecule has 0 aliphatic carbocycles. The molecular formula is C28H37F3N6O3S. The van der Waals surface area contributed by atoms with Crippen molar-refractivity contribution in [3.8, 4) is 5.75 Å². The first kappa shape index (κ1) is 32.1. The highest BCUT2D eigenvalue weighted by atomic mass is 32.2. The number of aryl methyl sites for hydroxylation is 3. The van der Waals surface area contributed by atoms with Gasteiger partial charge in [-0.25, -0.2) is 18.4 Å². The van der Waals surface area contributed by atoms with E-state index in [1.807, 2.05) is 33.2 Å². The molecule has 0 spiro atoms. The maximum atomic E-state index is 13.9. The van der Waals surface area contributed by atoms with Crippen molar-refractivity contribution in [3.05, 3.63) is 70.5 Å². The SMILES string of the molecule is COc1cc(CNCCN(C)C)ccc1Nc1ncc(C(F)(F)F)c(CCc2ccc(C)cc2N(C)S(C)(=O)=O)n1. The molecule has 0 bridgehead atoms. The molecule has 9 nitrogen and oxygen atoms in total. The van der Waals surface area contributed by atoms with Crippen molar-refractivity contribution in [3.63, 3.8) is 0 Å². The molecule has 41 heavy (non-hydrogen) atoms. The minimum Gasteiger partial charge on any atom is -0.495 e. The van der Waals surface area contributed by atoms with Crippen molar-refractivity contribution in [2.45, 2.75) is 32.5 Å². The topological polar surface area (TPSA) is 99.7 Å². The van der Waals surface area contributed by atoms with Crippen LogP contribution in [0.1, 0.15) is 27.9 Å². The Bertz CT molecular complexity index is 1450. The van der Waals surface area contributed by atoms with E-state index >= 15 is 0 Å². The molecule has 2 aromatic carbocycles. The van der Waals surface area contributed by atoms with Crippen molar-refractivity contribution in [1.82, 2.24) is 20.2 Å². The highest BCUT2D eigenvalue weighted by molar-refractivity contribution is 7.92. The molecule has 0 aliphatic rings. The van der Waals surface area contributed by atoms with Gasteiger partial charge in [0.1, 0.15) is 5.75 Å². The molecule has 1 heterocycles. The third kappa shape index (κ3) is 9.03. The van der Waals surface area contributed by atoms with Gasteiger partial charge in [-0.3, -0.25) is 4.31 Å². The summed E-state index contributed by atoms with van der Waals surface area (Å²) in [5.41, 5.74) is 2.16. The molecule has 0 atom stereocenters. The molecule has 3 aromatic rings. The number of aromatic nitrogens is 2. The Hall–Kier alpha value is -3.42. The summed E-state index contributed by atoms with van der Waals surface area (Å²) in [6, 6.07) is 10.7. The molecule has 0 fully saturated rings. The van der Waals surface area contributed by atoms with Crippen LogP contribution in [0.15, 0.2) is 42.6 Å². The Morgan fingerprint density at radius 2 is 1.78 bits per heavy atom. The average molecular weight is 595 g/mol. The third-order valence-electron chi connectivity index (χ3n) is 6.46. The summed E-state index contributed by atoms with van der Waals surface area (Å²) >= 11 is 0. The van der Waals surface area contributed by atoms with E-state index in [4.69, 9.17) is 4.74 Å². The van der Waals surface area contributed by atoms with Gasteiger partial charge in [0.25, 0.3) is 0 Å². The Morgan fingerprint density at radius 1 is 1.05 bits per heavy atom. The summed E-state index contributed by atoms with van der Waals surface area (Å²) in [6.45, 7) is 4.15. The Labute approximate surface area is 239 Å². The summed E-state index contributed by atoms with van der Waals surface area (Å²) in [4.78, 5) is 10.2. The number of alkyl halides is 3. The standard InChI is InChI=1S/C28H37F3N6O3S/c1-19-7-9-21(25(15-19)37(4)41(6,38)39)10-12-23-22(28(29,30)31)18-33-27(34-23)35-24-11-8-20(16-26(24)40-5)17-32-13-14-36(2)3/h7-9,11,15-16,18,32H,10,12-14,17H2,1-6H3,(H,33,34,35). The van der Waals surface area contributed by atoms with E-state index in [0.717, 1.165) is 41.0 Å². The van der Waals surface area contributed by atoms with Gasteiger partial charge in [-0.1, -0.05) is 18.2 Å². The summed E-state index contributed by atoms with van der Waals surface area (Å²) in [5, 5.41) is 6.32. The summed E-state index contributed by atoms with van der Waals surface area (Å²) in [6.07, 6.45) is -2.78. The number of hydrogen-bond acceptors (Lipinski definition) is 8. The highest BCUT2D eigenvalue weighted by Crippen LogP contribution is 2.34. The van der Waals surface area contributed by atoms with E-state index in [2.05, 4.69) is 25.5 Å². The third-order valence-corrected chi connectivity index (χ3v) is 7.65. The van der Waals surface area contributed by atoms with Crippen LogP contribution in [-0.2, 0) is 35.6 Å². The Balaban J connectivity index is 1.86. The first-order valence-electron chi connectivity index (χ1n) is 12.9. The van der Waals surface area contributed by atoms with Gasteiger partial charge in [0, 0.05) is 32.9 Å². The van der Waals surface area contributed by atoms with Crippen LogP contribution < -0.4 is 19.7 Å². The second-order valence-electron chi connectivity index (χ2n) is 10.1. The van der Waals surface area contributed by atoms with E-state index in [9.17, 15) is 21.6 Å². The lowest BCUT2D eigenvalue weighted by Crippen LogP contribution is -2.26. The number of methoxy groups -OCH3 is 1. The van der Waals surface area contributed by atoms with Gasteiger partial charge < -0.3 is 20.3 Å². The lowest BCUT2D eigenvalue weighted by molar-refractivity contribution is -0.138. The fraction of sp³-hybridized carbons (Fsp3) is 0.429. The molecule has 1 aromatic heterocycles. The average Bonchev–Trinajstić information content (AvgIpc) is 2.89. The van der Waals surface area contributed by atoms with Crippen molar-refractivity contribution in [2.24, 2.45) is 0 Å². The molecule has 0 saturated carbocycles. The second kappa shape index (κ2) is 13.5. The summed E-state index contributed by atoms with van der Waals surface area (Å²) in [5.74, 6) is 0.482. The van der Waals surface area contributed by atoms with Crippen LogP contribution in [0.3, 0.4) is 0 Å². The predicted octanol–water partition coefficient (Wildman–Crippen LogP) is 4.39. The van der Waals surface area contributed by atoms with Gasteiger partial charge in [-0.2, -0.15) is 13.2 Å². The van der Waals surface area contributed by atoms with Crippen LogP contribution in [-0.4, -0.2) is 70.9 Å². The van der Waals surface area contributed by atoms with Crippen LogP contribution in [0.25, 0.3) is 0 Å². The zero-order chi connectivity index (χ0) is 30.4. The number of halogens is 3. The quantitative estimate of drug-likeness (QED) is 0.281. The summed E-state index contributed by atoms with van der Waals surface area (Å²) < 4.78 is 72.6. The number of likely N-dealkylation sites (N-methyl/N-ethyl adjacent to an activating group) is 1. The molecule has 0 aliphatic heterocycles. The van der Waals surface area contributed by atoms with Crippen LogP contribution in [0.4, 0.5) is 30.5 Å². The van der Waals surface area contributed by atoms with E-state index in [1.54, 1.807) is 24.3 Å². The van der Waals surface area contributed by atoms with Crippen LogP contribution in [0, 0.1) is 6.92 Å². The number of rotatable bonds is 13. The highest BCUT2D eigenvalue weighted by Gasteiger charge is 2.35. The minimum absolute atomic E-state index is 0.0134. The second-order valence-corrected chi connectivity index (χ2v) is 12.1. The fourth-order valence-electron chi connectivity index (χ4n) is 4.12. The molecule has 0 unspecified atom stereocenters. The van der Waals surface area contributed by atoms with Crippen LogP contribution in [0.5, 0.6) is 5.75 Å².